The van der Waals surface area contributed by atoms with Crippen LogP contribution in [0.1, 0.15) is 25.0 Å². The molecule has 2 N–H and O–H groups in total. The normalized spacial score (nSPS) is 11.0. The van der Waals surface area contributed by atoms with Gasteiger partial charge in [0, 0.05) is 12.7 Å². The minimum atomic E-state index is -0.782. The summed E-state index contributed by atoms with van der Waals surface area (Å²) >= 11 is 0. The number of nitrogens with two attached hydrogens (primary N) is 1. The topological polar surface area (TPSA) is 44.5 Å². The van der Waals surface area contributed by atoms with Gasteiger partial charge in [-0.3, -0.25) is 0 Å². The van der Waals surface area contributed by atoms with Crippen molar-refractivity contribution in [2.24, 2.45) is 5.73 Å². The lowest BCUT2D eigenvalue weighted by Gasteiger charge is -2.15. The summed E-state index contributed by atoms with van der Waals surface area (Å²) in [5.74, 6) is 0. The fraction of sp³-hybridized carbons (Fsp3) is 0.500. The van der Waals surface area contributed by atoms with Crippen molar-refractivity contribution >= 4 is 8.38 Å². The second kappa shape index (κ2) is 7.75. The Labute approximate surface area is 98.9 Å². The van der Waals surface area contributed by atoms with Gasteiger partial charge in [0.1, 0.15) is 0 Å². The Balaban J connectivity index is 2.54. The molecule has 0 atom stereocenters. The zero-order valence-corrected chi connectivity index (χ0v) is 10.9. The van der Waals surface area contributed by atoms with Crippen LogP contribution in [0.3, 0.4) is 0 Å². The summed E-state index contributed by atoms with van der Waals surface area (Å²) in [6.45, 7) is 5.98. The molecule has 16 heavy (non-hydrogen) atoms. The maximum absolute atomic E-state index is 5.56. The zero-order chi connectivity index (χ0) is 11.8. The number of rotatable bonds is 7. The van der Waals surface area contributed by atoms with E-state index in [-0.39, 0.29) is 0 Å². The van der Waals surface area contributed by atoms with Crippen molar-refractivity contribution in [3.05, 3.63) is 35.4 Å². The highest BCUT2D eigenvalue weighted by molar-refractivity contribution is 7.46. The smallest absolute Gasteiger partial charge is 0.175 e. The van der Waals surface area contributed by atoms with Crippen molar-refractivity contribution in [2.75, 3.05) is 13.2 Å². The van der Waals surface area contributed by atoms with Crippen LogP contribution in [0.2, 0.25) is 0 Å². The Morgan fingerprint density at radius 1 is 1.00 bits per heavy atom. The lowest BCUT2D eigenvalue weighted by atomic mass is 10.1. The van der Waals surface area contributed by atoms with Crippen molar-refractivity contribution in [3.8, 4) is 0 Å². The van der Waals surface area contributed by atoms with E-state index >= 15 is 0 Å². The molecule has 90 valence electrons. The van der Waals surface area contributed by atoms with E-state index in [9.17, 15) is 0 Å². The summed E-state index contributed by atoms with van der Waals surface area (Å²) in [6.07, 6.45) is 0.849. The van der Waals surface area contributed by atoms with Gasteiger partial charge in [-0.15, -0.1) is 0 Å². The average molecular weight is 241 g/mol. The van der Waals surface area contributed by atoms with Crippen molar-refractivity contribution in [1.29, 1.82) is 0 Å². The molecule has 1 rings (SSSR count). The van der Waals surface area contributed by atoms with Gasteiger partial charge in [-0.1, -0.05) is 24.3 Å². The van der Waals surface area contributed by atoms with Crippen LogP contribution in [0.5, 0.6) is 0 Å². The van der Waals surface area contributed by atoms with Crippen LogP contribution in [-0.4, -0.2) is 13.2 Å². The molecule has 0 unspecified atom stereocenters. The fourth-order valence-electron chi connectivity index (χ4n) is 1.35. The molecule has 0 saturated heterocycles. The van der Waals surface area contributed by atoms with Crippen LogP contribution >= 0.6 is 8.38 Å². The van der Waals surface area contributed by atoms with Crippen molar-refractivity contribution in [2.45, 2.75) is 26.6 Å². The molecule has 0 heterocycles. The highest BCUT2D eigenvalue weighted by atomic mass is 31.2. The standard InChI is InChI=1S/C12H20NO2P/c1-3-14-16(15-4-2)10-12-7-5-11(9-13)6-8-12/h5-8H,3-4,9-10,13H2,1-2H3. The molecular formula is C12H20NO2P. The second-order valence-corrected chi connectivity index (χ2v) is 4.85. The Hall–Kier alpha value is -0.470. The predicted molar refractivity (Wildman–Crippen MR) is 68.2 cm³/mol. The fourth-order valence-corrected chi connectivity index (χ4v) is 2.69. The lowest BCUT2D eigenvalue weighted by molar-refractivity contribution is 0.268. The SMILES string of the molecule is CCOP(Cc1ccc(CN)cc1)OCC. The molecule has 1 aromatic rings. The molecule has 1 aromatic carbocycles. The van der Waals surface area contributed by atoms with Gasteiger partial charge in [0.25, 0.3) is 0 Å². The third-order valence-corrected chi connectivity index (χ3v) is 3.83. The second-order valence-electron chi connectivity index (χ2n) is 3.35. The summed E-state index contributed by atoms with van der Waals surface area (Å²) in [6, 6.07) is 8.30. The zero-order valence-electron chi connectivity index (χ0n) is 9.98. The van der Waals surface area contributed by atoms with E-state index in [0.717, 1.165) is 11.7 Å². The lowest BCUT2D eigenvalue weighted by Crippen LogP contribution is -1.97. The Morgan fingerprint density at radius 3 is 1.94 bits per heavy atom. The number of hydrogen-bond acceptors (Lipinski definition) is 3. The summed E-state index contributed by atoms with van der Waals surface area (Å²) in [4.78, 5) is 0. The summed E-state index contributed by atoms with van der Waals surface area (Å²) in [5, 5.41) is 0. The van der Waals surface area contributed by atoms with E-state index in [1.54, 1.807) is 0 Å². The number of benzene rings is 1. The van der Waals surface area contributed by atoms with Crippen LogP contribution in [0, 0.1) is 0 Å². The third kappa shape index (κ3) is 4.58. The van der Waals surface area contributed by atoms with Gasteiger partial charge >= 0.3 is 0 Å². The van der Waals surface area contributed by atoms with Crippen molar-refractivity contribution < 1.29 is 9.05 Å². The Morgan fingerprint density at radius 2 is 1.50 bits per heavy atom. The van der Waals surface area contributed by atoms with Gasteiger partial charge in [-0.2, -0.15) is 0 Å². The molecule has 0 bridgehead atoms. The predicted octanol–water partition coefficient (Wildman–Crippen LogP) is 3.03. The van der Waals surface area contributed by atoms with Crippen molar-refractivity contribution in [3.63, 3.8) is 0 Å². The average Bonchev–Trinajstić information content (AvgIpc) is 2.31. The first-order chi connectivity index (χ1) is 7.80. The van der Waals surface area contributed by atoms with Gasteiger partial charge in [-0.05, 0) is 25.0 Å². The molecule has 0 aliphatic rings. The molecule has 0 amide bonds. The van der Waals surface area contributed by atoms with Crippen LogP contribution in [0.25, 0.3) is 0 Å². The van der Waals surface area contributed by atoms with Gasteiger partial charge in [-0.25, -0.2) is 0 Å². The highest BCUT2D eigenvalue weighted by Crippen LogP contribution is 2.41. The summed E-state index contributed by atoms with van der Waals surface area (Å²) in [5.41, 5.74) is 7.95. The molecule has 0 aromatic heterocycles. The van der Waals surface area contributed by atoms with E-state index in [0.29, 0.717) is 19.8 Å². The van der Waals surface area contributed by atoms with Crippen LogP contribution in [0.4, 0.5) is 0 Å². The van der Waals surface area contributed by atoms with Gasteiger partial charge < -0.3 is 14.8 Å². The molecular weight excluding hydrogens is 221 g/mol. The van der Waals surface area contributed by atoms with Crippen LogP contribution < -0.4 is 5.73 Å². The van der Waals surface area contributed by atoms with Crippen LogP contribution in [-0.2, 0) is 21.8 Å². The highest BCUT2D eigenvalue weighted by Gasteiger charge is 2.09. The Bertz CT molecular complexity index is 284. The minimum absolute atomic E-state index is 0.589. The quantitative estimate of drug-likeness (QED) is 0.746. The third-order valence-electron chi connectivity index (χ3n) is 2.12. The van der Waals surface area contributed by atoms with E-state index < -0.39 is 8.38 Å². The monoisotopic (exact) mass is 241 g/mol. The summed E-state index contributed by atoms with van der Waals surface area (Å²) in [7, 11) is -0.782. The molecule has 4 heteroatoms. The first-order valence-electron chi connectivity index (χ1n) is 5.61. The molecule has 0 radical (unpaired) electrons. The van der Waals surface area contributed by atoms with E-state index in [4.69, 9.17) is 14.8 Å². The van der Waals surface area contributed by atoms with E-state index in [1.807, 2.05) is 13.8 Å². The molecule has 3 nitrogen and oxygen atoms in total. The summed E-state index contributed by atoms with van der Waals surface area (Å²) < 4.78 is 11.1. The van der Waals surface area contributed by atoms with E-state index in [1.165, 1.54) is 5.56 Å². The maximum Gasteiger partial charge on any atom is 0.175 e. The largest absolute Gasteiger partial charge is 0.334 e. The van der Waals surface area contributed by atoms with Gasteiger partial charge in [0.2, 0.25) is 0 Å². The minimum Gasteiger partial charge on any atom is -0.334 e. The molecule has 0 spiro atoms. The van der Waals surface area contributed by atoms with Gasteiger partial charge in [0.05, 0.1) is 13.2 Å². The Kier molecular flexibility index (Phi) is 6.58. The van der Waals surface area contributed by atoms with Gasteiger partial charge in [0.15, 0.2) is 8.38 Å². The first kappa shape index (κ1) is 13.6. The maximum atomic E-state index is 5.56. The molecule has 0 saturated carbocycles. The van der Waals surface area contributed by atoms with Crippen molar-refractivity contribution in [1.82, 2.24) is 0 Å². The molecule has 0 aliphatic carbocycles. The molecule has 0 aliphatic heterocycles. The van der Waals surface area contributed by atoms with E-state index in [2.05, 4.69) is 24.3 Å². The molecule has 0 fully saturated rings. The van der Waals surface area contributed by atoms with Crippen LogP contribution in [0.15, 0.2) is 24.3 Å². The number of hydrogen-bond donors (Lipinski definition) is 1. The first-order valence-corrected chi connectivity index (χ1v) is 6.97.